The van der Waals surface area contributed by atoms with E-state index in [9.17, 15) is 4.79 Å². The Kier molecular flexibility index (Phi) is 4.80. The van der Waals surface area contributed by atoms with Crippen LogP contribution < -0.4 is 0 Å². The minimum atomic E-state index is -0.519. The van der Waals surface area contributed by atoms with Gasteiger partial charge in [-0.2, -0.15) is 0 Å². The number of amides is 1. The fraction of sp³-hybridized carbons (Fsp3) is 0.632. The van der Waals surface area contributed by atoms with Crippen LogP contribution in [0.2, 0.25) is 0 Å². The van der Waals surface area contributed by atoms with Gasteiger partial charge in [0, 0.05) is 18.9 Å². The van der Waals surface area contributed by atoms with E-state index in [1.165, 1.54) is 0 Å². The van der Waals surface area contributed by atoms with Crippen molar-refractivity contribution in [1.29, 1.82) is 0 Å². The predicted octanol–water partition coefficient (Wildman–Crippen LogP) is 4.84. The molecule has 3 rings (SSSR count). The third kappa shape index (κ3) is 4.03. The van der Waals surface area contributed by atoms with Crippen LogP contribution >= 0.6 is 15.9 Å². The second-order valence-electron chi connectivity index (χ2n) is 9.09. The summed E-state index contributed by atoms with van der Waals surface area (Å²) in [5.74, 6) is 0.384. The molecule has 0 spiro atoms. The number of imidazole rings is 1. The van der Waals surface area contributed by atoms with Gasteiger partial charge in [0.15, 0.2) is 5.65 Å². The highest BCUT2D eigenvalue weighted by Gasteiger charge is 2.43. The van der Waals surface area contributed by atoms with Crippen molar-refractivity contribution in [2.24, 2.45) is 11.3 Å². The smallest absolute Gasteiger partial charge is 0.410 e. The van der Waals surface area contributed by atoms with Gasteiger partial charge in [0.1, 0.15) is 10.2 Å². The van der Waals surface area contributed by atoms with E-state index in [0.29, 0.717) is 12.5 Å². The van der Waals surface area contributed by atoms with Crippen LogP contribution in [-0.2, 0) is 4.74 Å². The van der Waals surface area contributed by atoms with Crippen LogP contribution in [0, 0.1) is 11.3 Å². The number of likely N-dealkylation sites (tertiary alicyclic amines) is 1. The van der Waals surface area contributed by atoms with Gasteiger partial charge in [-0.3, -0.25) is 4.90 Å². The number of ether oxygens (including phenoxy) is 1. The molecule has 1 saturated heterocycles. The molecule has 2 aromatic rings. The number of carbonyl (C=O) groups is 1. The van der Waals surface area contributed by atoms with Crippen LogP contribution in [0.1, 0.15) is 59.7 Å². The fourth-order valence-corrected chi connectivity index (χ4v) is 3.64. The molecule has 1 fully saturated rings. The molecule has 6 nitrogen and oxygen atoms in total. The quantitative estimate of drug-likeness (QED) is 0.659. The zero-order valence-corrected chi connectivity index (χ0v) is 17.9. The van der Waals surface area contributed by atoms with E-state index in [1.807, 2.05) is 42.5 Å². The Labute approximate surface area is 163 Å². The Balaban J connectivity index is 1.95. The van der Waals surface area contributed by atoms with Crippen molar-refractivity contribution in [3.05, 3.63) is 28.9 Å². The van der Waals surface area contributed by atoms with Crippen molar-refractivity contribution in [3.8, 4) is 0 Å². The van der Waals surface area contributed by atoms with Crippen molar-refractivity contribution < 1.29 is 9.53 Å². The molecule has 1 aliphatic heterocycles. The summed E-state index contributed by atoms with van der Waals surface area (Å²) < 4.78 is 8.34. The van der Waals surface area contributed by atoms with Crippen molar-refractivity contribution in [2.75, 3.05) is 6.54 Å². The van der Waals surface area contributed by atoms with E-state index >= 15 is 0 Å². The number of carbonyl (C=O) groups excluding carboxylic acids is 1. The third-order valence-electron chi connectivity index (χ3n) is 4.82. The first-order valence-electron chi connectivity index (χ1n) is 8.94. The first-order valence-corrected chi connectivity index (χ1v) is 9.73. The van der Waals surface area contributed by atoms with Gasteiger partial charge < -0.3 is 9.14 Å². The molecule has 2 aromatic heterocycles. The van der Waals surface area contributed by atoms with Gasteiger partial charge in [0.25, 0.3) is 0 Å². The monoisotopic (exact) mass is 422 g/mol. The zero-order valence-electron chi connectivity index (χ0n) is 16.3. The van der Waals surface area contributed by atoms with Gasteiger partial charge in [-0.1, -0.05) is 20.8 Å². The van der Waals surface area contributed by atoms with Crippen LogP contribution in [0.5, 0.6) is 0 Å². The highest BCUT2D eigenvalue weighted by molar-refractivity contribution is 9.10. The molecule has 2 atom stereocenters. The molecule has 142 valence electrons. The Hall–Kier alpha value is -1.63. The lowest BCUT2D eigenvalue weighted by Crippen LogP contribution is -2.37. The molecule has 26 heavy (non-hydrogen) atoms. The largest absolute Gasteiger partial charge is 0.444 e. The Bertz CT molecular complexity index is 819. The Morgan fingerprint density at radius 2 is 1.92 bits per heavy atom. The maximum atomic E-state index is 12.8. The SMILES string of the molecule is CC(C)(C)OC(=O)N1CC(C(C)(C)C)CC1c1cn2cc(Br)ncc2n1. The molecule has 0 saturated carbocycles. The number of hydrogen-bond donors (Lipinski definition) is 0. The molecule has 7 heteroatoms. The first-order chi connectivity index (χ1) is 11.9. The summed E-state index contributed by atoms with van der Waals surface area (Å²) in [6, 6.07) is -0.0900. The second kappa shape index (κ2) is 6.51. The lowest BCUT2D eigenvalue weighted by atomic mass is 9.79. The molecule has 1 amide bonds. The van der Waals surface area contributed by atoms with Crippen molar-refractivity contribution in [3.63, 3.8) is 0 Å². The van der Waals surface area contributed by atoms with E-state index < -0.39 is 5.60 Å². The van der Waals surface area contributed by atoms with Gasteiger partial charge in [-0.25, -0.2) is 14.8 Å². The van der Waals surface area contributed by atoms with E-state index in [-0.39, 0.29) is 17.6 Å². The van der Waals surface area contributed by atoms with Crippen molar-refractivity contribution in [2.45, 2.75) is 59.6 Å². The van der Waals surface area contributed by atoms with Gasteiger partial charge in [0.2, 0.25) is 0 Å². The maximum absolute atomic E-state index is 12.8. The molecule has 0 aromatic carbocycles. The summed E-state index contributed by atoms with van der Waals surface area (Å²) in [4.78, 5) is 23.6. The summed E-state index contributed by atoms with van der Waals surface area (Å²) in [5.41, 5.74) is 1.24. The number of hydrogen-bond acceptors (Lipinski definition) is 4. The molecular formula is C19H27BrN4O2. The molecule has 3 heterocycles. The Morgan fingerprint density at radius 1 is 1.23 bits per heavy atom. The summed E-state index contributed by atoms with van der Waals surface area (Å²) >= 11 is 3.38. The normalized spacial score (nSPS) is 21.4. The molecule has 2 unspecified atom stereocenters. The third-order valence-corrected chi connectivity index (χ3v) is 5.23. The van der Waals surface area contributed by atoms with Gasteiger partial charge in [-0.05, 0) is 54.5 Å². The highest BCUT2D eigenvalue weighted by Crippen LogP contribution is 2.43. The summed E-state index contributed by atoms with van der Waals surface area (Å²) in [6.07, 6.45) is 6.18. The molecule has 0 aliphatic carbocycles. The molecule has 0 radical (unpaired) electrons. The zero-order chi connectivity index (χ0) is 19.3. The predicted molar refractivity (Wildman–Crippen MR) is 104 cm³/mol. The van der Waals surface area contributed by atoms with E-state index in [4.69, 9.17) is 9.72 Å². The molecule has 0 N–H and O–H groups in total. The van der Waals surface area contributed by atoms with Crippen molar-refractivity contribution in [1.82, 2.24) is 19.3 Å². The molecule has 0 bridgehead atoms. The van der Waals surface area contributed by atoms with Crippen molar-refractivity contribution >= 4 is 27.7 Å². The minimum absolute atomic E-state index is 0.0900. The topological polar surface area (TPSA) is 59.7 Å². The number of rotatable bonds is 1. The van der Waals surface area contributed by atoms with Crippen LogP contribution in [0.25, 0.3) is 5.65 Å². The van der Waals surface area contributed by atoms with Crippen LogP contribution in [0.15, 0.2) is 23.2 Å². The van der Waals surface area contributed by atoms with Gasteiger partial charge in [0.05, 0.1) is 17.9 Å². The van der Waals surface area contributed by atoms with Crippen LogP contribution in [0.4, 0.5) is 4.79 Å². The van der Waals surface area contributed by atoms with Gasteiger partial charge >= 0.3 is 6.09 Å². The van der Waals surface area contributed by atoms with E-state index in [2.05, 4.69) is 41.7 Å². The second-order valence-corrected chi connectivity index (χ2v) is 9.90. The summed E-state index contributed by atoms with van der Waals surface area (Å²) in [7, 11) is 0. The van der Waals surface area contributed by atoms with Crippen LogP contribution in [0.3, 0.4) is 0 Å². The number of aromatic nitrogens is 3. The van der Waals surface area contributed by atoms with Gasteiger partial charge in [-0.15, -0.1) is 0 Å². The summed E-state index contributed by atoms with van der Waals surface area (Å²) in [6.45, 7) is 13.0. The molecule has 1 aliphatic rings. The average Bonchev–Trinajstić information content (AvgIpc) is 3.07. The maximum Gasteiger partial charge on any atom is 0.410 e. The standard InChI is InChI=1S/C19H27BrN4O2/c1-18(2,3)12-7-14(24(9-12)17(25)26-19(4,5)6)13-10-23-11-15(20)21-8-16(23)22-13/h8,10-12,14H,7,9H2,1-6H3. The lowest BCUT2D eigenvalue weighted by Gasteiger charge is -2.29. The highest BCUT2D eigenvalue weighted by atomic mass is 79.9. The summed E-state index contributed by atoms with van der Waals surface area (Å²) in [5, 5.41) is 0. The van der Waals surface area contributed by atoms with E-state index in [0.717, 1.165) is 22.4 Å². The van der Waals surface area contributed by atoms with Crippen LogP contribution in [-0.4, -0.2) is 37.5 Å². The Morgan fingerprint density at radius 3 is 2.54 bits per heavy atom. The number of nitrogens with zero attached hydrogens (tertiary/aromatic N) is 4. The fourth-order valence-electron chi connectivity index (χ4n) is 3.32. The number of fused-ring (bicyclic) bond motifs is 1. The first kappa shape index (κ1) is 19.1. The number of halogens is 1. The van der Waals surface area contributed by atoms with E-state index in [1.54, 1.807) is 6.20 Å². The minimum Gasteiger partial charge on any atom is -0.444 e. The lowest BCUT2D eigenvalue weighted by molar-refractivity contribution is 0.0210. The average molecular weight is 423 g/mol. The molecular weight excluding hydrogens is 396 g/mol.